The number of ether oxygens (including phenoxy) is 1. The number of halogens is 1. The first-order valence-electron chi connectivity index (χ1n) is 8.68. The Bertz CT molecular complexity index is 1130. The van der Waals surface area contributed by atoms with Crippen molar-refractivity contribution in [1.29, 1.82) is 0 Å². The molecule has 10 heteroatoms. The molecule has 0 bridgehead atoms. The highest BCUT2D eigenvalue weighted by Gasteiger charge is 2.29. The molecule has 0 amide bonds. The molecule has 2 aromatic carbocycles. The molecule has 150 valence electrons. The molecule has 0 fully saturated rings. The number of azo groups is 1. The minimum Gasteiger partial charge on any atom is -0.497 e. The van der Waals surface area contributed by atoms with Gasteiger partial charge in [-0.25, -0.2) is 12.7 Å². The number of alkyl halides is 1. The second-order valence-electron chi connectivity index (χ2n) is 6.33. The van der Waals surface area contributed by atoms with Crippen LogP contribution in [0.3, 0.4) is 0 Å². The molecule has 0 spiro atoms. The molecule has 1 atom stereocenters. The van der Waals surface area contributed by atoms with E-state index in [1.807, 2.05) is 0 Å². The molecule has 29 heavy (non-hydrogen) atoms. The summed E-state index contributed by atoms with van der Waals surface area (Å²) in [5.74, 6) is 0.873. The molecular weight excluding hydrogens is 416 g/mol. The second kappa shape index (κ2) is 7.84. The molecule has 0 aliphatic carbocycles. The van der Waals surface area contributed by atoms with Crippen LogP contribution >= 0.6 is 11.6 Å². The quantitative estimate of drug-likeness (QED) is 0.427. The summed E-state index contributed by atoms with van der Waals surface area (Å²) in [7, 11) is -2.35. The molecule has 1 aliphatic heterocycles. The third kappa shape index (κ3) is 3.83. The van der Waals surface area contributed by atoms with Crippen molar-refractivity contribution < 1.29 is 17.7 Å². The van der Waals surface area contributed by atoms with Gasteiger partial charge in [-0.1, -0.05) is 35.0 Å². The fourth-order valence-electron chi connectivity index (χ4n) is 3.01. The van der Waals surface area contributed by atoms with Crippen LogP contribution in [-0.2, 0) is 23.1 Å². The summed E-state index contributed by atoms with van der Waals surface area (Å²) in [6.45, 7) is 0.359. The van der Waals surface area contributed by atoms with Crippen LogP contribution in [0, 0.1) is 0 Å². The molecular formula is C19H17ClN4O4S. The van der Waals surface area contributed by atoms with Gasteiger partial charge in [0, 0.05) is 6.07 Å². The van der Waals surface area contributed by atoms with Gasteiger partial charge in [0.2, 0.25) is 0 Å². The van der Waals surface area contributed by atoms with E-state index in [9.17, 15) is 8.42 Å². The number of sulfonamides is 1. The molecule has 2 heterocycles. The van der Waals surface area contributed by atoms with Crippen LogP contribution in [-0.4, -0.2) is 20.7 Å². The van der Waals surface area contributed by atoms with Gasteiger partial charge in [-0.15, -0.1) is 0 Å². The van der Waals surface area contributed by atoms with Crippen molar-refractivity contribution >= 4 is 27.4 Å². The van der Waals surface area contributed by atoms with E-state index in [0.29, 0.717) is 5.75 Å². The van der Waals surface area contributed by atoms with Crippen molar-refractivity contribution in [2.75, 3.05) is 11.4 Å². The van der Waals surface area contributed by atoms with Gasteiger partial charge in [-0.3, -0.25) is 0 Å². The molecule has 1 unspecified atom stereocenters. The lowest BCUT2D eigenvalue weighted by Crippen LogP contribution is -2.31. The van der Waals surface area contributed by atoms with Crippen LogP contribution in [0.25, 0.3) is 0 Å². The molecule has 0 radical (unpaired) electrons. The summed E-state index contributed by atoms with van der Waals surface area (Å²) in [6.07, 6.45) is 1.33. The maximum atomic E-state index is 13.5. The Labute approximate surface area is 172 Å². The number of rotatable bonds is 6. The van der Waals surface area contributed by atoms with E-state index in [2.05, 4.69) is 15.4 Å². The monoisotopic (exact) mass is 432 g/mol. The summed E-state index contributed by atoms with van der Waals surface area (Å²) in [4.78, 5) is 0.119. The number of aromatic nitrogens is 1. The largest absolute Gasteiger partial charge is 0.497 e. The van der Waals surface area contributed by atoms with Crippen LogP contribution in [0.15, 0.2) is 74.4 Å². The van der Waals surface area contributed by atoms with Crippen LogP contribution in [0.5, 0.6) is 5.75 Å². The molecule has 8 nitrogen and oxygen atoms in total. The Morgan fingerprint density at radius 2 is 2.00 bits per heavy atom. The standard InChI is InChI=1S/C19H17ClN4O4S/c1-27-15-4-2-13(3-5-15)12-24(18-8-9-28-23-18)29(25,26)16-6-7-17-14(10-16)11-21-22-19(17)20/h2-10,19H,11-12H2,1H3. The molecule has 0 N–H and O–H groups in total. The SMILES string of the molecule is COc1ccc(CN(c2ccon2)S(=O)(=O)c2ccc3c(c2)CN=NC3Cl)cc1. The maximum Gasteiger partial charge on any atom is 0.265 e. The smallest absolute Gasteiger partial charge is 0.265 e. The predicted molar refractivity (Wildman–Crippen MR) is 106 cm³/mol. The zero-order chi connectivity index (χ0) is 20.4. The molecule has 1 aliphatic rings. The maximum absolute atomic E-state index is 13.5. The number of methoxy groups -OCH3 is 1. The normalized spacial score (nSPS) is 15.7. The minimum atomic E-state index is -3.92. The van der Waals surface area contributed by atoms with E-state index in [-0.39, 0.29) is 23.8 Å². The average molecular weight is 433 g/mol. The lowest BCUT2D eigenvalue weighted by molar-refractivity contribution is 0.414. The van der Waals surface area contributed by atoms with Crippen LogP contribution in [0.2, 0.25) is 0 Å². The van der Waals surface area contributed by atoms with Crippen molar-refractivity contribution in [1.82, 2.24) is 5.16 Å². The number of hydrogen-bond acceptors (Lipinski definition) is 7. The highest BCUT2D eigenvalue weighted by atomic mass is 35.5. The highest BCUT2D eigenvalue weighted by Crippen LogP contribution is 2.33. The average Bonchev–Trinajstić information content (AvgIpc) is 3.26. The van der Waals surface area contributed by atoms with Gasteiger partial charge in [0.05, 0.1) is 25.1 Å². The third-order valence-corrected chi connectivity index (χ3v) is 6.62. The van der Waals surface area contributed by atoms with Crippen molar-refractivity contribution in [3.05, 3.63) is 71.5 Å². The van der Waals surface area contributed by atoms with E-state index >= 15 is 0 Å². The van der Waals surface area contributed by atoms with Crippen molar-refractivity contribution in [2.24, 2.45) is 10.2 Å². The molecule has 4 rings (SSSR count). The third-order valence-electron chi connectivity index (χ3n) is 4.55. The van der Waals surface area contributed by atoms with E-state index < -0.39 is 15.5 Å². The number of benzene rings is 2. The van der Waals surface area contributed by atoms with Gasteiger partial charge >= 0.3 is 0 Å². The zero-order valence-electron chi connectivity index (χ0n) is 15.4. The Balaban J connectivity index is 1.72. The van der Waals surface area contributed by atoms with Crippen molar-refractivity contribution in [3.8, 4) is 5.75 Å². The van der Waals surface area contributed by atoms with Crippen LogP contribution in [0.4, 0.5) is 5.82 Å². The fourth-order valence-corrected chi connectivity index (χ4v) is 4.73. The van der Waals surface area contributed by atoms with Gasteiger partial charge in [-0.2, -0.15) is 10.2 Å². The van der Waals surface area contributed by atoms with E-state index in [4.69, 9.17) is 20.9 Å². The summed E-state index contributed by atoms with van der Waals surface area (Å²) in [6, 6.07) is 13.4. The zero-order valence-corrected chi connectivity index (χ0v) is 17.0. The van der Waals surface area contributed by atoms with Crippen molar-refractivity contribution in [2.45, 2.75) is 23.5 Å². The first kappa shape index (κ1) is 19.4. The Hall–Kier alpha value is -2.91. The van der Waals surface area contributed by atoms with Gasteiger partial charge in [0.15, 0.2) is 11.3 Å². The molecule has 0 saturated heterocycles. The van der Waals surface area contributed by atoms with Gasteiger partial charge in [0.25, 0.3) is 10.0 Å². The first-order chi connectivity index (χ1) is 14.0. The summed E-state index contributed by atoms with van der Waals surface area (Å²) >= 11 is 6.14. The Morgan fingerprint density at radius 3 is 2.69 bits per heavy atom. The van der Waals surface area contributed by atoms with E-state index in [1.165, 1.54) is 22.7 Å². The molecule has 1 aromatic heterocycles. The lowest BCUT2D eigenvalue weighted by Gasteiger charge is -2.23. The van der Waals surface area contributed by atoms with Gasteiger partial charge in [-0.05, 0) is 41.0 Å². The number of fused-ring (bicyclic) bond motifs is 1. The number of nitrogens with zero attached hydrogens (tertiary/aromatic N) is 4. The summed E-state index contributed by atoms with van der Waals surface area (Å²) < 4.78 is 38.2. The molecule has 0 saturated carbocycles. The highest BCUT2D eigenvalue weighted by molar-refractivity contribution is 7.92. The fraction of sp³-hybridized carbons (Fsp3) is 0.211. The van der Waals surface area contributed by atoms with E-state index in [0.717, 1.165) is 16.7 Å². The van der Waals surface area contributed by atoms with Crippen molar-refractivity contribution in [3.63, 3.8) is 0 Å². The summed E-state index contributed by atoms with van der Waals surface area (Å²) in [5.41, 5.74) is 1.64. The second-order valence-corrected chi connectivity index (χ2v) is 8.60. The number of hydrogen-bond donors (Lipinski definition) is 0. The Kier molecular flexibility index (Phi) is 5.25. The molecule has 3 aromatic rings. The van der Waals surface area contributed by atoms with E-state index in [1.54, 1.807) is 43.5 Å². The predicted octanol–water partition coefficient (Wildman–Crippen LogP) is 4.28. The lowest BCUT2D eigenvalue weighted by atomic mass is 10.1. The Morgan fingerprint density at radius 1 is 1.21 bits per heavy atom. The van der Waals surface area contributed by atoms with Crippen LogP contribution < -0.4 is 9.04 Å². The minimum absolute atomic E-state index is 0.0772. The van der Waals surface area contributed by atoms with Crippen LogP contribution in [0.1, 0.15) is 22.2 Å². The van der Waals surface area contributed by atoms with Gasteiger partial charge < -0.3 is 9.26 Å². The summed E-state index contributed by atoms with van der Waals surface area (Å²) in [5, 5.41) is 11.7. The first-order valence-corrected chi connectivity index (χ1v) is 10.6. The topological polar surface area (TPSA) is 97.4 Å². The van der Waals surface area contributed by atoms with Gasteiger partial charge in [0.1, 0.15) is 12.0 Å². The number of anilines is 1.